The van der Waals surface area contributed by atoms with Gasteiger partial charge in [-0.3, -0.25) is 19.2 Å². The molecule has 3 aromatic carbocycles. The number of amides is 4. The summed E-state index contributed by atoms with van der Waals surface area (Å²) in [5.74, 6) is 5.37. The number of rotatable bonds is 6. The van der Waals surface area contributed by atoms with E-state index in [9.17, 15) is 24.3 Å². The Morgan fingerprint density at radius 2 is 1.35 bits per heavy atom. The van der Waals surface area contributed by atoms with Crippen molar-refractivity contribution in [2.24, 2.45) is 0 Å². The fourth-order valence-corrected chi connectivity index (χ4v) is 5.50. The molecule has 2 fully saturated rings. The summed E-state index contributed by atoms with van der Waals surface area (Å²) >= 11 is 0. The van der Waals surface area contributed by atoms with Gasteiger partial charge in [-0.1, -0.05) is 42.2 Å². The molecule has 3 N–H and O–H groups in total. The maximum atomic E-state index is 13.1. The number of likely N-dealkylation sites (tertiary alicyclic amines) is 2. The van der Waals surface area contributed by atoms with Crippen LogP contribution in [0, 0.1) is 11.8 Å². The van der Waals surface area contributed by atoms with Gasteiger partial charge in [-0.05, 0) is 66.9 Å². The number of carbonyl (C=O) groups is 4. The molecular weight excluding hydrogens is 544 g/mol. The Morgan fingerprint density at radius 3 is 1.91 bits per heavy atom. The zero-order valence-corrected chi connectivity index (χ0v) is 24.0. The molecule has 4 amide bonds. The number of β-amino-alcohol motifs (C(OH)–C–C–N with tert-alkyl or cyclic N) is 1. The molecule has 2 aliphatic heterocycles. The van der Waals surface area contributed by atoms with Crippen LogP contribution >= 0.6 is 0 Å². The van der Waals surface area contributed by atoms with E-state index in [4.69, 9.17) is 0 Å². The maximum absolute atomic E-state index is 13.1. The lowest BCUT2D eigenvalue weighted by molar-refractivity contribution is -0.136. The Morgan fingerprint density at radius 1 is 0.791 bits per heavy atom. The summed E-state index contributed by atoms with van der Waals surface area (Å²) in [6.07, 6.45) is 1.09. The van der Waals surface area contributed by atoms with Crippen molar-refractivity contribution in [1.82, 2.24) is 9.80 Å². The lowest BCUT2D eigenvalue weighted by Gasteiger charge is -2.23. The zero-order valence-electron chi connectivity index (χ0n) is 24.0. The third-order valence-electron chi connectivity index (χ3n) is 7.72. The van der Waals surface area contributed by atoms with Crippen LogP contribution in [0.5, 0.6) is 0 Å². The van der Waals surface area contributed by atoms with Gasteiger partial charge in [-0.25, -0.2) is 0 Å². The average molecular weight is 579 g/mol. The van der Waals surface area contributed by atoms with Crippen molar-refractivity contribution in [2.75, 3.05) is 23.7 Å². The van der Waals surface area contributed by atoms with Crippen LogP contribution in [0.15, 0.2) is 78.9 Å². The number of benzene rings is 3. The van der Waals surface area contributed by atoms with Gasteiger partial charge in [0.2, 0.25) is 23.6 Å². The second-order valence-electron chi connectivity index (χ2n) is 10.9. The van der Waals surface area contributed by atoms with Gasteiger partial charge in [0, 0.05) is 48.9 Å². The first kappa shape index (κ1) is 29.5. The fraction of sp³-hybridized carbons (Fsp3) is 0.294. The summed E-state index contributed by atoms with van der Waals surface area (Å²) in [6, 6.07) is 22.4. The van der Waals surface area contributed by atoms with Gasteiger partial charge in [0.25, 0.3) is 0 Å². The van der Waals surface area contributed by atoms with Crippen LogP contribution in [0.1, 0.15) is 42.9 Å². The highest BCUT2D eigenvalue weighted by Crippen LogP contribution is 2.22. The van der Waals surface area contributed by atoms with Crippen molar-refractivity contribution in [3.8, 4) is 11.8 Å². The molecule has 0 unspecified atom stereocenters. The SMILES string of the molecule is CC(=O)N1CCC[C@H]1C(=O)Nc1ccc(C#Cc2ccc(NC(=O)[C@@H]3C[C@@H](O)CN3C(=O)Cc3ccccc3)cc2)cc1. The summed E-state index contributed by atoms with van der Waals surface area (Å²) in [7, 11) is 0. The van der Waals surface area contributed by atoms with Crippen molar-refractivity contribution >= 4 is 35.0 Å². The van der Waals surface area contributed by atoms with Gasteiger partial charge in [0.05, 0.1) is 12.5 Å². The molecule has 9 heteroatoms. The molecule has 0 saturated carbocycles. The molecule has 0 radical (unpaired) electrons. The predicted molar refractivity (Wildman–Crippen MR) is 163 cm³/mol. The summed E-state index contributed by atoms with van der Waals surface area (Å²) in [6.45, 7) is 2.22. The van der Waals surface area contributed by atoms with Crippen molar-refractivity contribution in [3.63, 3.8) is 0 Å². The van der Waals surface area contributed by atoms with Crippen molar-refractivity contribution in [1.29, 1.82) is 0 Å². The molecule has 2 heterocycles. The molecule has 0 bridgehead atoms. The Bertz CT molecular complexity index is 1540. The standard InChI is InChI=1S/C34H34N4O5/c1-23(39)37-19-5-8-30(37)33(42)35-27-15-11-24(12-16-27)9-10-25-13-17-28(18-14-25)36-34(43)31-21-29(40)22-38(31)32(41)20-26-6-3-2-4-7-26/h2-4,6-7,11-18,29-31,40H,5,8,19-22H2,1H3,(H,35,42)(H,36,43)/t29-,30+,31+/m1/s1. The predicted octanol–water partition coefficient (Wildman–Crippen LogP) is 3.18. The molecule has 9 nitrogen and oxygen atoms in total. The van der Waals surface area contributed by atoms with Crippen molar-refractivity contribution < 1.29 is 24.3 Å². The van der Waals surface area contributed by atoms with E-state index < -0.39 is 18.2 Å². The number of carbonyl (C=O) groups excluding carboxylic acids is 4. The molecule has 2 aliphatic rings. The highest BCUT2D eigenvalue weighted by Gasteiger charge is 2.38. The molecule has 0 aliphatic carbocycles. The van der Waals surface area contributed by atoms with Gasteiger partial charge >= 0.3 is 0 Å². The zero-order chi connectivity index (χ0) is 30.3. The number of anilines is 2. The summed E-state index contributed by atoms with van der Waals surface area (Å²) in [5, 5.41) is 15.9. The molecule has 3 atom stereocenters. The molecule has 5 rings (SSSR count). The maximum Gasteiger partial charge on any atom is 0.247 e. The van der Waals surface area contributed by atoms with E-state index in [1.54, 1.807) is 41.3 Å². The number of aliphatic hydroxyl groups excluding tert-OH is 1. The highest BCUT2D eigenvalue weighted by atomic mass is 16.3. The van der Waals surface area contributed by atoms with Crippen LogP contribution in [0.25, 0.3) is 0 Å². The Kier molecular flexibility index (Phi) is 9.18. The minimum absolute atomic E-state index is 0.0926. The second-order valence-corrected chi connectivity index (χ2v) is 10.9. The Labute approximate surface area is 250 Å². The monoisotopic (exact) mass is 578 g/mol. The molecule has 0 aromatic heterocycles. The van der Waals surface area contributed by atoms with Crippen LogP contribution in [0.2, 0.25) is 0 Å². The van der Waals surface area contributed by atoms with Crippen LogP contribution < -0.4 is 10.6 Å². The van der Waals surface area contributed by atoms with Gasteiger partial charge in [-0.2, -0.15) is 0 Å². The normalized spacial score (nSPS) is 19.3. The topological polar surface area (TPSA) is 119 Å². The number of nitrogens with one attached hydrogen (secondary N) is 2. The average Bonchev–Trinajstić information content (AvgIpc) is 3.66. The molecule has 220 valence electrons. The number of hydrogen-bond donors (Lipinski definition) is 3. The smallest absolute Gasteiger partial charge is 0.247 e. The van der Waals surface area contributed by atoms with E-state index in [-0.39, 0.29) is 43.0 Å². The van der Waals surface area contributed by atoms with Gasteiger partial charge in [0.15, 0.2) is 0 Å². The lowest BCUT2D eigenvalue weighted by atomic mass is 10.1. The molecule has 43 heavy (non-hydrogen) atoms. The fourth-order valence-electron chi connectivity index (χ4n) is 5.50. The minimum Gasteiger partial charge on any atom is -0.391 e. The largest absolute Gasteiger partial charge is 0.391 e. The van der Waals surface area contributed by atoms with Gasteiger partial charge in [0.1, 0.15) is 12.1 Å². The summed E-state index contributed by atoms with van der Waals surface area (Å²) in [4.78, 5) is 53.4. The lowest BCUT2D eigenvalue weighted by Crippen LogP contribution is -2.43. The summed E-state index contributed by atoms with van der Waals surface area (Å²) < 4.78 is 0. The first-order valence-corrected chi connectivity index (χ1v) is 14.4. The van der Waals surface area contributed by atoms with Crippen LogP contribution in [0.4, 0.5) is 11.4 Å². The Hall–Kier alpha value is -4.94. The molecule has 0 spiro atoms. The molecule has 2 saturated heterocycles. The van der Waals surface area contributed by atoms with Crippen molar-refractivity contribution in [3.05, 3.63) is 95.6 Å². The van der Waals surface area contributed by atoms with E-state index in [0.29, 0.717) is 24.3 Å². The first-order valence-electron chi connectivity index (χ1n) is 14.4. The van der Waals surface area contributed by atoms with Crippen LogP contribution in [-0.4, -0.2) is 69.8 Å². The van der Waals surface area contributed by atoms with Gasteiger partial charge in [-0.15, -0.1) is 0 Å². The van der Waals surface area contributed by atoms with E-state index in [0.717, 1.165) is 23.1 Å². The minimum atomic E-state index is -0.747. The number of nitrogens with zero attached hydrogens (tertiary/aromatic N) is 2. The van der Waals surface area contributed by atoms with E-state index >= 15 is 0 Å². The number of aliphatic hydroxyl groups is 1. The van der Waals surface area contributed by atoms with E-state index in [1.807, 2.05) is 42.5 Å². The summed E-state index contributed by atoms with van der Waals surface area (Å²) in [5.41, 5.74) is 3.58. The number of hydrogen-bond acceptors (Lipinski definition) is 5. The van der Waals surface area contributed by atoms with Gasteiger partial charge < -0.3 is 25.5 Å². The Balaban J connectivity index is 1.15. The molecule has 3 aromatic rings. The van der Waals surface area contributed by atoms with Crippen LogP contribution in [0.3, 0.4) is 0 Å². The van der Waals surface area contributed by atoms with Crippen LogP contribution in [-0.2, 0) is 25.6 Å². The van der Waals surface area contributed by atoms with E-state index in [2.05, 4.69) is 22.5 Å². The quantitative estimate of drug-likeness (QED) is 0.389. The van der Waals surface area contributed by atoms with Crippen molar-refractivity contribution in [2.45, 2.75) is 50.8 Å². The highest BCUT2D eigenvalue weighted by molar-refractivity contribution is 5.98. The molecular formula is C34H34N4O5. The third-order valence-corrected chi connectivity index (χ3v) is 7.72. The first-order chi connectivity index (χ1) is 20.8. The third kappa shape index (κ3) is 7.48. The van der Waals surface area contributed by atoms with E-state index in [1.165, 1.54) is 11.8 Å². The second kappa shape index (κ2) is 13.4.